The molecule has 112 valence electrons. The van der Waals surface area contributed by atoms with Crippen molar-refractivity contribution in [1.82, 2.24) is 5.32 Å². The van der Waals surface area contributed by atoms with E-state index in [1.165, 1.54) is 18.0 Å². The minimum absolute atomic E-state index is 0.0645. The molecule has 1 aliphatic rings. The highest BCUT2D eigenvalue weighted by atomic mass is 32.2. The first-order valence-corrected chi connectivity index (χ1v) is 7.24. The average molecular weight is 313 g/mol. The smallest absolute Gasteiger partial charge is 0.236 e. The summed E-state index contributed by atoms with van der Waals surface area (Å²) in [5.41, 5.74) is 0.152. The standard InChI is InChI=1S/C13H13F2N3O2S/c1-2-3-20-12-8(4-9(14)5-10(12)15)6-16-18-13-17-11(19)7-21-13/h4-6H,2-3,7H2,1H3,(H,17,18,19). The second-order valence-corrected chi connectivity index (χ2v) is 5.11. The summed E-state index contributed by atoms with van der Waals surface area (Å²) in [4.78, 5) is 11.0. The number of benzene rings is 1. The number of nitrogens with zero attached hydrogens (tertiary/aromatic N) is 2. The van der Waals surface area contributed by atoms with Crippen LogP contribution in [-0.4, -0.2) is 29.6 Å². The molecule has 0 saturated carbocycles. The fourth-order valence-corrected chi connectivity index (χ4v) is 2.19. The van der Waals surface area contributed by atoms with Gasteiger partial charge in [0.25, 0.3) is 0 Å². The third-order valence-corrected chi connectivity index (χ3v) is 3.28. The number of carbonyl (C=O) groups is 1. The molecule has 1 heterocycles. The number of carbonyl (C=O) groups excluding carboxylic acids is 1. The van der Waals surface area contributed by atoms with E-state index in [0.29, 0.717) is 18.2 Å². The number of amidine groups is 1. The third-order valence-electron chi connectivity index (χ3n) is 2.42. The number of halogens is 2. The van der Waals surface area contributed by atoms with Crippen LogP contribution in [0.25, 0.3) is 0 Å². The van der Waals surface area contributed by atoms with Gasteiger partial charge in [-0.25, -0.2) is 8.78 Å². The molecule has 0 aromatic heterocycles. The van der Waals surface area contributed by atoms with E-state index < -0.39 is 11.6 Å². The van der Waals surface area contributed by atoms with Gasteiger partial charge in [0.15, 0.2) is 16.7 Å². The highest BCUT2D eigenvalue weighted by molar-refractivity contribution is 8.15. The van der Waals surface area contributed by atoms with Gasteiger partial charge in [0.2, 0.25) is 5.91 Å². The molecule has 0 bridgehead atoms. The van der Waals surface area contributed by atoms with Crippen molar-refractivity contribution in [1.29, 1.82) is 0 Å². The van der Waals surface area contributed by atoms with Crippen LogP contribution in [0.15, 0.2) is 22.3 Å². The second-order valence-electron chi connectivity index (χ2n) is 4.14. The number of hydrogen-bond donors (Lipinski definition) is 1. The van der Waals surface area contributed by atoms with Crippen molar-refractivity contribution in [3.8, 4) is 5.75 Å². The summed E-state index contributed by atoms with van der Waals surface area (Å²) in [6.07, 6.45) is 1.88. The molecule has 0 aliphatic carbocycles. The van der Waals surface area contributed by atoms with Crippen LogP contribution in [0.5, 0.6) is 5.75 Å². The van der Waals surface area contributed by atoms with Crippen LogP contribution in [0.1, 0.15) is 18.9 Å². The average Bonchev–Trinajstić information content (AvgIpc) is 2.83. The molecular weight excluding hydrogens is 300 g/mol. The van der Waals surface area contributed by atoms with Gasteiger partial charge in [-0.3, -0.25) is 4.79 Å². The summed E-state index contributed by atoms with van der Waals surface area (Å²) < 4.78 is 32.2. The van der Waals surface area contributed by atoms with Crippen molar-refractivity contribution in [2.75, 3.05) is 12.4 Å². The van der Waals surface area contributed by atoms with Crippen LogP contribution in [0.2, 0.25) is 0 Å². The van der Waals surface area contributed by atoms with Gasteiger partial charge < -0.3 is 10.1 Å². The summed E-state index contributed by atoms with van der Waals surface area (Å²) in [5.74, 6) is -1.45. The van der Waals surface area contributed by atoms with E-state index in [-0.39, 0.29) is 23.0 Å². The molecule has 21 heavy (non-hydrogen) atoms. The molecular formula is C13H13F2N3O2S. The van der Waals surface area contributed by atoms with Gasteiger partial charge in [0.05, 0.1) is 18.6 Å². The Bertz CT molecular complexity index is 605. The molecule has 1 N–H and O–H groups in total. The lowest BCUT2D eigenvalue weighted by Gasteiger charge is -2.08. The molecule has 8 heteroatoms. The quantitative estimate of drug-likeness (QED) is 0.670. The number of rotatable bonds is 5. The lowest BCUT2D eigenvalue weighted by Crippen LogP contribution is -2.19. The van der Waals surface area contributed by atoms with E-state index in [9.17, 15) is 13.6 Å². The maximum Gasteiger partial charge on any atom is 0.236 e. The van der Waals surface area contributed by atoms with Crippen LogP contribution in [-0.2, 0) is 4.79 Å². The Morgan fingerprint density at radius 1 is 1.48 bits per heavy atom. The van der Waals surface area contributed by atoms with Crippen molar-refractivity contribution in [3.63, 3.8) is 0 Å². The Labute approximate surface area is 124 Å². The molecule has 1 saturated heterocycles. The molecule has 0 spiro atoms. The van der Waals surface area contributed by atoms with Crippen molar-refractivity contribution in [3.05, 3.63) is 29.3 Å². The van der Waals surface area contributed by atoms with Crippen molar-refractivity contribution >= 4 is 29.1 Å². The summed E-state index contributed by atoms with van der Waals surface area (Å²) in [6, 6.07) is 1.86. The molecule has 1 aromatic rings. The maximum atomic E-state index is 13.7. The van der Waals surface area contributed by atoms with Crippen LogP contribution in [0, 0.1) is 11.6 Å². The Balaban J connectivity index is 2.19. The largest absolute Gasteiger partial charge is 0.490 e. The van der Waals surface area contributed by atoms with E-state index in [0.717, 1.165) is 12.1 Å². The summed E-state index contributed by atoms with van der Waals surface area (Å²) >= 11 is 1.21. The Kier molecular flexibility index (Phi) is 5.26. The minimum Gasteiger partial charge on any atom is -0.490 e. The lowest BCUT2D eigenvalue weighted by molar-refractivity contribution is -0.116. The normalized spacial score (nSPS) is 16.7. The van der Waals surface area contributed by atoms with Crippen molar-refractivity contribution in [2.45, 2.75) is 13.3 Å². The summed E-state index contributed by atoms with van der Waals surface area (Å²) in [6.45, 7) is 2.19. The lowest BCUT2D eigenvalue weighted by atomic mass is 10.2. The van der Waals surface area contributed by atoms with Crippen molar-refractivity contribution < 1.29 is 18.3 Å². The van der Waals surface area contributed by atoms with Crippen LogP contribution < -0.4 is 10.1 Å². The predicted molar refractivity (Wildman–Crippen MR) is 77.8 cm³/mol. The molecule has 2 rings (SSSR count). The summed E-state index contributed by atoms with van der Waals surface area (Å²) in [5, 5.41) is 10.3. The number of ether oxygens (including phenoxy) is 1. The van der Waals surface area contributed by atoms with E-state index in [2.05, 4.69) is 15.5 Å². The monoisotopic (exact) mass is 313 g/mol. The maximum absolute atomic E-state index is 13.7. The number of nitrogens with one attached hydrogen (secondary N) is 1. The zero-order valence-corrected chi connectivity index (χ0v) is 12.0. The highest BCUT2D eigenvalue weighted by Gasteiger charge is 2.16. The predicted octanol–water partition coefficient (Wildman–Crippen LogP) is 2.31. The van der Waals surface area contributed by atoms with Gasteiger partial charge in [-0.15, -0.1) is 5.10 Å². The number of amides is 1. The fourth-order valence-electron chi connectivity index (χ4n) is 1.56. The van der Waals surface area contributed by atoms with Crippen LogP contribution in [0.4, 0.5) is 8.78 Å². The number of hydrogen-bond acceptors (Lipinski definition) is 5. The second kappa shape index (κ2) is 7.16. The third kappa shape index (κ3) is 4.25. The first-order valence-electron chi connectivity index (χ1n) is 6.25. The van der Waals surface area contributed by atoms with E-state index in [1.807, 2.05) is 6.92 Å². The highest BCUT2D eigenvalue weighted by Crippen LogP contribution is 2.23. The Morgan fingerprint density at radius 2 is 2.29 bits per heavy atom. The van der Waals surface area contributed by atoms with Crippen LogP contribution in [0.3, 0.4) is 0 Å². The summed E-state index contributed by atoms with van der Waals surface area (Å²) in [7, 11) is 0. The topological polar surface area (TPSA) is 63.1 Å². The van der Waals surface area contributed by atoms with Gasteiger partial charge in [-0.1, -0.05) is 18.7 Å². The van der Waals surface area contributed by atoms with Gasteiger partial charge in [0, 0.05) is 11.6 Å². The van der Waals surface area contributed by atoms with Gasteiger partial charge >= 0.3 is 0 Å². The Hall–Kier alpha value is -1.96. The Morgan fingerprint density at radius 3 is 2.95 bits per heavy atom. The molecule has 0 atom stereocenters. The van der Waals surface area contributed by atoms with Gasteiger partial charge in [-0.05, 0) is 12.5 Å². The number of thioether (sulfide) groups is 1. The first-order chi connectivity index (χ1) is 10.1. The van der Waals surface area contributed by atoms with Gasteiger partial charge in [-0.2, -0.15) is 5.10 Å². The zero-order chi connectivity index (χ0) is 15.2. The molecule has 1 amide bonds. The molecule has 1 aromatic carbocycles. The van der Waals surface area contributed by atoms with Gasteiger partial charge in [0.1, 0.15) is 5.82 Å². The molecule has 0 unspecified atom stereocenters. The SMILES string of the molecule is CCCOc1c(F)cc(F)cc1C=NN=C1NC(=O)CS1. The minimum atomic E-state index is -0.791. The van der Waals surface area contributed by atoms with E-state index >= 15 is 0 Å². The van der Waals surface area contributed by atoms with E-state index in [1.54, 1.807) is 0 Å². The molecule has 1 aliphatic heterocycles. The molecule has 0 radical (unpaired) electrons. The zero-order valence-electron chi connectivity index (χ0n) is 11.2. The first kappa shape index (κ1) is 15.4. The van der Waals surface area contributed by atoms with Crippen molar-refractivity contribution in [2.24, 2.45) is 10.2 Å². The molecule has 1 fully saturated rings. The fraction of sp³-hybridized carbons (Fsp3) is 0.308. The van der Waals surface area contributed by atoms with E-state index in [4.69, 9.17) is 4.74 Å². The van der Waals surface area contributed by atoms with Crippen LogP contribution >= 0.6 is 11.8 Å². The molecule has 5 nitrogen and oxygen atoms in total.